The van der Waals surface area contributed by atoms with Crippen LogP contribution in [-0.4, -0.2) is 9.55 Å². The molecular weight excluding hydrogens is 184 g/mol. The van der Waals surface area contributed by atoms with Crippen molar-refractivity contribution in [1.82, 2.24) is 9.55 Å². The van der Waals surface area contributed by atoms with Crippen LogP contribution >= 0.6 is 0 Å². The van der Waals surface area contributed by atoms with Crippen LogP contribution in [0.2, 0.25) is 0 Å². The van der Waals surface area contributed by atoms with Crippen molar-refractivity contribution in [2.75, 3.05) is 0 Å². The summed E-state index contributed by atoms with van der Waals surface area (Å²) in [4.78, 5) is 4.32. The first-order valence-electron chi connectivity index (χ1n) is 4.94. The summed E-state index contributed by atoms with van der Waals surface area (Å²) in [5.74, 6) is 2.79. The second kappa shape index (κ2) is 3.13. The zero-order chi connectivity index (χ0) is 11.1. The van der Waals surface area contributed by atoms with Crippen molar-refractivity contribution in [2.45, 2.75) is 19.3 Å². The maximum Gasteiger partial charge on any atom is 0.0955 e. The molecule has 15 heavy (non-hydrogen) atoms. The molecule has 2 nitrogen and oxygen atoms in total. The first kappa shape index (κ1) is 9.79. The van der Waals surface area contributed by atoms with Gasteiger partial charge in [-0.15, -0.1) is 6.42 Å². The third-order valence-electron chi connectivity index (χ3n) is 2.81. The van der Waals surface area contributed by atoms with E-state index in [0.29, 0.717) is 0 Å². The minimum absolute atomic E-state index is 0.230. The van der Waals surface area contributed by atoms with Crippen LogP contribution in [0.25, 0.3) is 11.0 Å². The van der Waals surface area contributed by atoms with Crippen LogP contribution in [0.4, 0.5) is 0 Å². The maximum atomic E-state index is 5.51. The quantitative estimate of drug-likeness (QED) is 0.644. The Kier molecular flexibility index (Phi) is 2.04. The normalized spacial score (nSPS) is 11.6. The van der Waals surface area contributed by atoms with Crippen LogP contribution in [0.5, 0.6) is 0 Å². The summed E-state index contributed by atoms with van der Waals surface area (Å²) in [6, 6.07) is 6.20. The number of hydrogen-bond donors (Lipinski definition) is 0. The Morgan fingerprint density at radius 1 is 1.40 bits per heavy atom. The molecule has 2 aromatic rings. The lowest BCUT2D eigenvalue weighted by Crippen LogP contribution is -2.13. The van der Waals surface area contributed by atoms with Crippen molar-refractivity contribution in [2.24, 2.45) is 7.05 Å². The lowest BCUT2D eigenvalue weighted by atomic mass is 9.85. The van der Waals surface area contributed by atoms with E-state index < -0.39 is 0 Å². The molecule has 0 fully saturated rings. The Bertz CT molecular complexity index is 541. The molecule has 0 amide bonds. The zero-order valence-corrected chi connectivity index (χ0v) is 9.28. The van der Waals surface area contributed by atoms with Gasteiger partial charge < -0.3 is 4.57 Å². The number of imidazole rings is 1. The first-order valence-corrected chi connectivity index (χ1v) is 4.94. The van der Waals surface area contributed by atoms with Crippen LogP contribution in [0.15, 0.2) is 24.5 Å². The van der Waals surface area contributed by atoms with Crippen LogP contribution in [0, 0.1) is 12.3 Å². The number of nitrogens with zero attached hydrogens (tertiary/aromatic N) is 2. The average Bonchev–Trinajstić information content (AvgIpc) is 2.60. The Balaban J connectivity index is 2.63. The van der Waals surface area contributed by atoms with Gasteiger partial charge in [-0.1, -0.05) is 12.0 Å². The standard InChI is InChI=1S/C13H14N2/c1-5-13(2,3)10-6-7-12-11(8-10)14-9-15(12)4/h1,6-9H,2-4H3. The summed E-state index contributed by atoms with van der Waals surface area (Å²) in [6.45, 7) is 4.08. The van der Waals surface area contributed by atoms with Gasteiger partial charge in [-0.3, -0.25) is 0 Å². The van der Waals surface area contributed by atoms with Gasteiger partial charge in [-0.05, 0) is 31.5 Å². The fourth-order valence-corrected chi connectivity index (χ4v) is 1.61. The predicted molar refractivity (Wildman–Crippen MR) is 62.6 cm³/mol. The third kappa shape index (κ3) is 1.50. The maximum absolute atomic E-state index is 5.51. The highest BCUT2D eigenvalue weighted by molar-refractivity contribution is 5.76. The van der Waals surface area contributed by atoms with E-state index in [-0.39, 0.29) is 5.41 Å². The minimum Gasteiger partial charge on any atom is -0.334 e. The van der Waals surface area contributed by atoms with Crippen LogP contribution in [0.3, 0.4) is 0 Å². The zero-order valence-electron chi connectivity index (χ0n) is 9.28. The van der Waals surface area contributed by atoms with Gasteiger partial charge >= 0.3 is 0 Å². The highest BCUT2D eigenvalue weighted by Gasteiger charge is 2.17. The van der Waals surface area contributed by atoms with E-state index in [4.69, 9.17) is 6.42 Å². The molecule has 2 rings (SSSR count). The number of hydrogen-bond acceptors (Lipinski definition) is 1. The molecule has 0 saturated carbocycles. The van der Waals surface area contributed by atoms with Crippen molar-refractivity contribution in [3.8, 4) is 12.3 Å². The van der Waals surface area contributed by atoms with E-state index in [1.54, 1.807) is 0 Å². The molecule has 2 heteroatoms. The van der Waals surface area contributed by atoms with Crippen LogP contribution < -0.4 is 0 Å². The van der Waals surface area contributed by atoms with Crippen molar-refractivity contribution >= 4 is 11.0 Å². The minimum atomic E-state index is -0.230. The molecule has 0 unspecified atom stereocenters. The van der Waals surface area contributed by atoms with E-state index in [0.717, 1.165) is 16.6 Å². The smallest absolute Gasteiger partial charge is 0.0955 e. The molecular formula is C13H14N2. The molecule has 0 aliphatic carbocycles. The topological polar surface area (TPSA) is 17.8 Å². The lowest BCUT2D eigenvalue weighted by Gasteiger charge is -2.17. The number of aryl methyl sites for hydroxylation is 1. The van der Waals surface area contributed by atoms with E-state index in [9.17, 15) is 0 Å². The summed E-state index contributed by atoms with van der Waals surface area (Å²) >= 11 is 0. The molecule has 0 bridgehead atoms. The number of terminal acetylenes is 1. The summed E-state index contributed by atoms with van der Waals surface area (Å²) in [5.41, 5.74) is 3.03. The summed E-state index contributed by atoms with van der Waals surface area (Å²) < 4.78 is 2.00. The van der Waals surface area contributed by atoms with Crippen molar-refractivity contribution in [1.29, 1.82) is 0 Å². The van der Waals surface area contributed by atoms with Gasteiger partial charge in [-0.25, -0.2) is 4.98 Å². The molecule has 0 saturated heterocycles. The van der Waals surface area contributed by atoms with Gasteiger partial charge in [0.05, 0.1) is 22.8 Å². The number of aromatic nitrogens is 2. The third-order valence-corrected chi connectivity index (χ3v) is 2.81. The lowest BCUT2D eigenvalue weighted by molar-refractivity contribution is 0.700. The highest BCUT2D eigenvalue weighted by Crippen LogP contribution is 2.25. The second-order valence-electron chi connectivity index (χ2n) is 4.33. The number of fused-ring (bicyclic) bond motifs is 1. The molecule has 0 aliphatic rings. The molecule has 0 N–H and O–H groups in total. The molecule has 1 heterocycles. The van der Waals surface area contributed by atoms with Gasteiger partial charge in [0.2, 0.25) is 0 Å². The Hall–Kier alpha value is -1.75. The fraction of sp³-hybridized carbons (Fsp3) is 0.308. The molecule has 0 radical (unpaired) electrons. The van der Waals surface area contributed by atoms with Gasteiger partial charge in [-0.2, -0.15) is 0 Å². The average molecular weight is 198 g/mol. The molecule has 76 valence electrons. The molecule has 1 aromatic carbocycles. The Morgan fingerprint density at radius 3 is 2.80 bits per heavy atom. The second-order valence-corrected chi connectivity index (χ2v) is 4.33. The van der Waals surface area contributed by atoms with Crippen LogP contribution in [0.1, 0.15) is 19.4 Å². The van der Waals surface area contributed by atoms with Crippen molar-refractivity contribution in [3.05, 3.63) is 30.1 Å². The first-order chi connectivity index (χ1) is 7.04. The predicted octanol–water partition coefficient (Wildman–Crippen LogP) is 2.48. The summed E-state index contributed by atoms with van der Waals surface area (Å²) in [5, 5.41) is 0. The molecule has 0 aliphatic heterocycles. The van der Waals surface area contributed by atoms with Crippen LogP contribution in [-0.2, 0) is 12.5 Å². The van der Waals surface area contributed by atoms with E-state index in [1.807, 2.05) is 31.8 Å². The summed E-state index contributed by atoms with van der Waals surface area (Å²) in [6.07, 6.45) is 7.33. The van der Waals surface area contributed by atoms with Gasteiger partial charge in [0, 0.05) is 7.05 Å². The number of rotatable bonds is 1. The fourth-order valence-electron chi connectivity index (χ4n) is 1.61. The van der Waals surface area contributed by atoms with E-state index >= 15 is 0 Å². The van der Waals surface area contributed by atoms with Crippen molar-refractivity contribution < 1.29 is 0 Å². The highest BCUT2D eigenvalue weighted by atomic mass is 15.0. The van der Waals surface area contributed by atoms with Crippen molar-refractivity contribution in [3.63, 3.8) is 0 Å². The molecule has 0 atom stereocenters. The molecule has 0 spiro atoms. The largest absolute Gasteiger partial charge is 0.334 e. The van der Waals surface area contributed by atoms with Gasteiger partial charge in [0.25, 0.3) is 0 Å². The number of benzene rings is 1. The Morgan fingerprint density at radius 2 is 2.13 bits per heavy atom. The molecule has 1 aromatic heterocycles. The monoisotopic (exact) mass is 198 g/mol. The van der Waals surface area contributed by atoms with Gasteiger partial charge in [0.15, 0.2) is 0 Å². The van der Waals surface area contributed by atoms with Gasteiger partial charge in [0.1, 0.15) is 0 Å². The summed E-state index contributed by atoms with van der Waals surface area (Å²) in [7, 11) is 1.99. The van der Waals surface area contributed by atoms with E-state index in [1.165, 1.54) is 0 Å². The Labute approximate surface area is 89.9 Å². The SMILES string of the molecule is C#CC(C)(C)c1ccc2c(c1)ncn2C. The van der Waals surface area contributed by atoms with E-state index in [2.05, 4.69) is 29.1 Å².